The Kier molecular flexibility index (Phi) is 10.3. The quantitative estimate of drug-likeness (QED) is 0.230. The van der Waals surface area contributed by atoms with Crippen LogP contribution in [-0.4, -0.2) is 0 Å². The maximum Gasteiger partial charge on any atom is 0.0215 e. The van der Waals surface area contributed by atoms with E-state index in [9.17, 15) is 0 Å². The van der Waals surface area contributed by atoms with Gasteiger partial charge in [-0.15, -0.1) is 0 Å². The molecule has 2 unspecified atom stereocenters. The maximum atomic E-state index is 3.82. The van der Waals surface area contributed by atoms with E-state index in [1.807, 2.05) is 0 Å². The Morgan fingerprint density at radius 2 is 1.15 bits per heavy atom. The Morgan fingerprint density at radius 3 is 1.71 bits per heavy atom. The fourth-order valence-corrected chi connectivity index (χ4v) is 6.48. The zero-order chi connectivity index (χ0) is 24.7. The van der Waals surface area contributed by atoms with Crippen molar-refractivity contribution in [2.45, 2.75) is 111 Å². The molecule has 0 amide bonds. The van der Waals surface area contributed by atoms with Gasteiger partial charge in [-0.1, -0.05) is 126 Å². The average Bonchev–Trinajstić information content (AvgIpc) is 3.05. The van der Waals surface area contributed by atoms with E-state index in [0.29, 0.717) is 0 Å². The maximum absolute atomic E-state index is 3.82. The SMILES string of the molecule is CC(C)CCCC(C)CCC1(CCC(C)CCCC(C)C)c2ccccc2-c2ccc(Br)cc21. The molecule has 0 saturated heterocycles. The first kappa shape index (κ1) is 27.5. The van der Waals surface area contributed by atoms with Crippen molar-refractivity contribution >= 4 is 15.9 Å². The number of hydrogen-bond donors (Lipinski definition) is 0. The Labute approximate surface area is 219 Å². The monoisotopic (exact) mass is 524 g/mol. The molecule has 3 rings (SSSR count). The Bertz CT molecular complexity index is 869. The second-order valence-electron chi connectivity index (χ2n) is 12.3. The molecular formula is C33H49Br. The predicted molar refractivity (Wildman–Crippen MR) is 155 cm³/mol. The van der Waals surface area contributed by atoms with Gasteiger partial charge in [0.15, 0.2) is 0 Å². The van der Waals surface area contributed by atoms with Gasteiger partial charge >= 0.3 is 0 Å². The zero-order valence-electron chi connectivity index (χ0n) is 22.8. The molecule has 2 aromatic carbocycles. The predicted octanol–water partition coefficient (Wildman–Crippen LogP) is 11.2. The molecule has 0 nitrogen and oxygen atoms in total. The van der Waals surface area contributed by atoms with Crippen LogP contribution in [0.3, 0.4) is 0 Å². The van der Waals surface area contributed by atoms with Gasteiger partial charge < -0.3 is 0 Å². The van der Waals surface area contributed by atoms with E-state index in [-0.39, 0.29) is 5.41 Å². The van der Waals surface area contributed by atoms with Crippen LogP contribution in [0.1, 0.15) is 117 Å². The average molecular weight is 526 g/mol. The van der Waals surface area contributed by atoms with Crippen molar-refractivity contribution in [3.8, 4) is 11.1 Å². The first-order valence-electron chi connectivity index (χ1n) is 14.1. The number of fused-ring (bicyclic) bond motifs is 3. The van der Waals surface area contributed by atoms with Crippen molar-refractivity contribution in [3.63, 3.8) is 0 Å². The van der Waals surface area contributed by atoms with Crippen LogP contribution < -0.4 is 0 Å². The molecule has 1 aliphatic carbocycles. The smallest absolute Gasteiger partial charge is 0.0215 e. The molecule has 0 aromatic heterocycles. The third-order valence-corrected chi connectivity index (χ3v) is 8.81. The molecule has 188 valence electrons. The minimum atomic E-state index is 0.161. The van der Waals surface area contributed by atoms with Crippen LogP contribution >= 0.6 is 15.9 Å². The zero-order valence-corrected chi connectivity index (χ0v) is 24.4. The van der Waals surface area contributed by atoms with Crippen LogP contribution in [0.2, 0.25) is 0 Å². The van der Waals surface area contributed by atoms with E-state index >= 15 is 0 Å². The van der Waals surface area contributed by atoms with E-state index in [2.05, 4.69) is 99.9 Å². The Morgan fingerprint density at radius 1 is 0.618 bits per heavy atom. The van der Waals surface area contributed by atoms with Gasteiger partial charge in [-0.05, 0) is 83.7 Å². The second kappa shape index (κ2) is 12.8. The molecule has 0 radical (unpaired) electrons. The van der Waals surface area contributed by atoms with Gasteiger partial charge in [-0.2, -0.15) is 0 Å². The standard InChI is InChI=1S/C33H49Br/c1-24(2)11-9-13-26(5)19-21-33(22-20-27(6)14-10-12-25(3)4)31-16-8-7-15-29(31)30-18-17-28(34)23-32(30)33/h7-8,15-18,23-27H,9-14,19-22H2,1-6H3. The molecule has 1 aliphatic rings. The van der Waals surface area contributed by atoms with Crippen molar-refractivity contribution < 1.29 is 0 Å². The third-order valence-electron chi connectivity index (χ3n) is 8.31. The summed E-state index contributed by atoms with van der Waals surface area (Å²) in [5, 5.41) is 0. The van der Waals surface area contributed by atoms with Crippen molar-refractivity contribution in [1.82, 2.24) is 0 Å². The molecule has 0 aliphatic heterocycles. The largest absolute Gasteiger partial charge is 0.0628 e. The lowest BCUT2D eigenvalue weighted by atomic mass is 9.69. The fourth-order valence-electron chi connectivity index (χ4n) is 6.11. The lowest BCUT2D eigenvalue weighted by molar-refractivity contribution is 0.327. The van der Waals surface area contributed by atoms with E-state index in [1.165, 1.54) is 79.8 Å². The Balaban J connectivity index is 1.83. The highest BCUT2D eigenvalue weighted by molar-refractivity contribution is 9.10. The van der Waals surface area contributed by atoms with E-state index in [1.54, 1.807) is 11.1 Å². The van der Waals surface area contributed by atoms with Crippen LogP contribution in [0.25, 0.3) is 11.1 Å². The summed E-state index contributed by atoms with van der Waals surface area (Å²) in [5.74, 6) is 3.23. The summed E-state index contributed by atoms with van der Waals surface area (Å²) < 4.78 is 1.22. The molecule has 34 heavy (non-hydrogen) atoms. The lowest BCUT2D eigenvalue weighted by Gasteiger charge is -2.35. The summed E-state index contributed by atoms with van der Waals surface area (Å²) in [4.78, 5) is 0. The third kappa shape index (κ3) is 6.99. The number of benzene rings is 2. The van der Waals surface area contributed by atoms with Crippen LogP contribution in [0.15, 0.2) is 46.9 Å². The number of halogens is 1. The van der Waals surface area contributed by atoms with Crippen LogP contribution in [0.4, 0.5) is 0 Å². The van der Waals surface area contributed by atoms with Gasteiger partial charge in [0.05, 0.1) is 0 Å². The summed E-state index contributed by atoms with van der Waals surface area (Å²) in [5.41, 5.74) is 6.27. The second-order valence-corrected chi connectivity index (χ2v) is 13.2. The molecule has 0 heterocycles. The minimum absolute atomic E-state index is 0.161. The molecule has 2 aromatic rings. The molecule has 0 fully saturated rings. The van der Waals surface area contributed by atoms with E-state index in [0.717, 1.165) is 23.7 Å². The van der Waals surface area contributed by atoms with Gasteiger partial charge in [-0.25, -0.2) is 0 Å². The molecule has 0 N–H and O–H groups in total. The number of rotatable bonds is 14. The molecule has 0 bridgehead atoms. The first-order valence-corrected chi connectivity index (χ1v) is 14.9. The van der Waals surface area contributed by atoms with Crippen molar-refractivity contribution in [2.24, 2.45) is 23.7 Å². The molecule has 0 spiro atoms. The lowest BCUT2D eigenvalue weighted by Crippen LogP contribution is -2.27. The van der Waals surface area contributed by atoms with E-state index in [4.69, 9.17) is 0 Å². The highest BCUT2D eigenvalue weighted by atomic mass is 79.9. The molecule has 0 saturated carbocycles. The highest BCUT2D eigenvalue weighted by Gasteiger charge is 2.42. The highest BCUT2D eigenvalue weighted by Crippen LogP contribution is 2.55. The Hall–Kier alpha value is -1.08. The first-order chi connectivity index (χ1) is 16.2. The van der Waals surface area contributed by atoms with Gasteiger partial charge in [0.2, 0.25) is 0 Å². The summed E-state index contributed by atoms with van der Waals surface area (Å²) in [6.45, 7) is 14.4. The van der Waals surface area contributed by atoms with Crippen molar-refractivity contribution in [3.05, 3.63) is 58.1 Å². The van der Waals surface area contributed by atoms with Crippen molar-refractivity contribution in [1.29, 1.82) is 0 Å². The summed E-state index contributed by atoms with van der Waals surface area (Å²) in [6.07, 6.45) is 13.4. The van der Waals surface area contributed by atoms with Gasteiger partial charge in [0, 0.05) is 9.89 Å². The van der Waals surface area contributed by atoms with Crippen LogP contribution in [-0.2, 0) is 5.41 Å². The van der Waals surface area contributed by atoms with Crippen molar-refractivity contribution in [2.75, 3.05) is 0 Å². The number of hydrogen-bond acceptors (Lipinski definition) is 0. The normalized spacial score (nSPS) is 18.9. The van der Waals surface area contributed by atoms with Crippen LogP contribution in [0.5, 0.6) is 0 Å². The summed E-state index contributed by atoms with van der Waals surface area (Å²) in [7, 11) is 0. The molecular weight excluding hydrogens is 476 g/mol. The summed E-state index contributed by atoms with van der Waals surface area (Å²) >= 11 is 3.82. The molecule has 1 heteroatoms. The van der Waals surface area contributed by atoms with Gasteiger partial charge in [0.25, 0.3) is 0 Å². The van der Waals surface area contributed by atoms with Gasteiger partial charge in [-0.3, -0.25) is 0 Å². The minimum Gasteiger partial charge on any atom is -0.0628 e. The summed E-state index contributed by atoms with van der Waals surface area (Å²) in [6, 6.07) is 16.3. The topological polar surface area (TPSA) is 0 Å². The van der Waals surface area contributed by atoms with Gasteiger partial charge in [0.1, 0.15) is 0 Å². The van der Waals surface area contributed by atoms with Crippen LogP contribution in [0, 0.1) is 23.7 Å². The molecule has 2 atom stereocenters. The van der Waals surface area contributed by atoms with E-state index < -0.39 is 0 Å². The fraction of sp³-hybridized carbons (Fsp3) is 0.636.